The van der Waals surface area contributed by atoms with Crippen LogP contribution in [0.2, 0.25) is 0 Å². The van der Waals surface area contributed by atoms with Gasteiger partial charge in [-0.2, -0.15) is 0 Å². The van der Waals surface area contributed by atoms with Gasteiger partial charge in [0.25, 0.3) is 0 Å². The predicted molar refractivity (Wildman–Crippen MR) is 125 cm³/mol. The number of pyridine rings is 2. The highest BCUT2D eigenvalue weighted by molar-refractivity contribution is 9.10. The van der Waals surface area contributed by atoms with Gasteiger partial charge in [0.05, 0.1) is 24.2 Å². The molecule has 10 heteroatoms. The number of nitrogens with zero attached hydrogens (tertiary/aromatic N) is 5. The smallest absolute Gasteiger partial charge is 0.425 e. The second kappa shape index (κ2) is 7.66. The lowest BCUT2D eigenvalue weighted by molar-refractivity contribution is 0.113. The monoisotopic (exact) mass is 504 g/mol. The Morgan fingerprint density at radius 3 is 2.55 bits per heavy atom. The zero-order valence-electron chi connectivity index (χ0n) is 17.2. The molecule has 0 saturated carbocycles. The van der Waals surface area contributed by atoms with E-state index in [1.54, 1.807) is 6.20 Å². The van der Waals surface area contributed by atoms with Gasteiger partial charge in [0.2, 0.25) is 0 Å². The lowest BCUT2D eigenvalue weighted by Gasteiger charge is -2.17. The highest BCUT2D eigenvalue weighted by atomic mass is 79.9. The molecular weight excluding hydrogens is 488 g/mol. The van der Waals surface area contributed by atoms with Gasteiger partial charge in [-0.25, -0.2) is 24.7 Å². The van der Waals surface area contributed by atoms with Gasteiger partial charge >= 0.3 is 6.16 Å². The number of nitrogen functional groups attached to an aromatic ring is 1. The van der Waals surface area contributed by atoms with Crippen molar-refractivity contribution in [3.05, 3.63) is 59.5 Å². The molecule has 0 amide bonds. The van der Waals surface area contributed by atoms with Crippen molar-refractivity contribution in [1.82, 2.24) is 19.9 Å². The highest BCUT2D eigenvalue weighted by Crippen LogP contribution is 2.35. The van der Waals surface area contributed by atoms with E-state index in [9.17, 15) is 4.79 Å². The SMILES string of the molecule is Nc1ncnc2nc(-c3ccc(N4C[C@@H]5OC(=O)O[C@@H]5C4)nc3)cc(-c3cccc(Br)c3)c12. The molecule has 2 atom stereocenters. The lowest BCUT2D eigenvalue weighted by atomic mass is 10.0. The molecular formula is C23H17BrN6O3. The van der Waals surface area contributed by atoms with Gasteiger partial charge in [0, 0.05) is 16.2 Å². The number of ether oxygens (including phenoxy) is 2. The van der Waals surface area contributed by atoms with Crippen molar-refractivity contribution in [1.29, 1.82) is 0 Å². The van der Waals surface area contributed by atoms with Crippen LogP contribution in [0, 0.1) is 0 Å². The number of rotatable bonds is 3. The molecule has 33 heavy (non-hydrogen) atoms. The van der Waals surface area contributed by atoms with E-state index in [4.69, 9.17) is 20.2 Å². The van der Waals surface area contributed by atoms with Crippen molar-refractivity contribution in [3.63, 3.8) is 0 Å². The topological polar surface area (TPSA) is 116 Å². The van der Waals surface area contributed by atoms with E-state index in [1.165, 1.54) is 6.33 Å². The van der Waals surface area contributed by atoms with Gasteiger partial charge in [-0.15, -0.1) is 0 Å². The predicted octanol–water partition coefficient (Wildman–Crippen LogP) is 3.82. The summed E-state index contributed by atoms with van der Waals surface area (Å²) in [6, 6.07) is 13.8. The van der Waals surface area contributed by atoms with Gasteiger partial charge in [-0.1, -0.05) is 28.1 Å². The first-order valence-corrected chi connectivity index (χ1v) is 11.1. The van der Waals surface area contributed by atoms with Crippen LogP contribution in [0.3, 0.4) is 0 Å². The number of halogens is 1. The summed E-state index contributed by atoms with van der Waals surface area (Å²) in [6.45, 7) is 1.11. The molecule has 2 aliphatic rings. The molecule has 2 aliphatic heterocycles. The number of benzene rings is 1. The molecule has 0 spiro atoms. The lowest BCUT2D eigenvalue weighted by Crippen LogP contribution is -2.24. The molecule has 1 aromatic carbocycles. The van der Waals surface area contributed by atoms with Crippen molar-refractivity contribution in [2.45, 2.75) is 12.2 Å². The van der Waals surface area contributed by atoms with E-state index in [-0.39, 0.29) is 12.2 Å². The average molecular weight is 505 g/mol. The number of fused-ring (bicyclic) bond motifs is 2. The first kappa shape index (κ1) is 19.9. The molecule has 9 nitrogen and oxygen atoms in total. The van der Waals surface area contributed by atoms with Gasteiger partial charge in [-0.05, 0) is 41.5 Å². The molecule has 0 aliphatic carbocycles. The third-order valence-electron chi connectivity index (χ3n) is 5.85. The van der Waals surface area contributed by atoms with E-state index < -0.39 is 6.16 Å². The Morgan fingerprint density at radius 1 is 1.00 bits per heavy atom. The Hall–Kier alpha value is -3.79. The van der Waals surface area contributed by atoms with Crippen molar-refractivity contribution < 1.29 is 14.3 Å². The van der Waals surface area contributed by atoms with Crippen molar-refractivity contribution >= 4 is 44.8 Å². The van der Waals surface area contributed by atoms with Crippen LogP contribution in [-0.2, 0) is 9.47 Å². The fraction of sp³-hybridized carbons (Fsp3) is 0.174. The third kappa shape index (κ3) is 3.52. The summed E-state index contributed by atoms with van der Waals surface area (Å²) in [6.07, 6.45) is 2.10. The number of nitrogens with two attached hydrogens (primary N) is 1. The van der Waals surface area contributed by atoms with Crippen LogP contribution < -0.4 is 10.6 Å². The minimum Gasteiger partial charge on any atom is -0.425 e. The van der Waals surface area contributed by atoms with Crippen LogP contribution in [0.5, 0.6) is 0 Å². The van der Waals surface area contributed by atoms with Crippen LogP contribution >= 0.6 is 15.9 Å². The molecule has 5 heterocycles. The Labute approximate surface area is 196 Å². The zero-order chi connectivity index (χ0) is 22.5. The standard InChI is InChI=1S/C23H17BrN6O3/c24-14-3-1-2-12(6-14)15-7-16(29-22-20(15)21(25)27-11-28-22)13-4-5-19(26-8-13)30-9-17-18(10-30)33-23(31)32-17/h1-8,11,17-18H,9-10H2,(H2,25,27,28,29)/t17-,18+. The van der Waals surface area contributed by atoms with Crippen molar-refractivity contribution in [2.75, 3.05) is 23.7 Å². The van der Waals surface area contributed by atoms with Crippen LogP contribution in [0.15, 0.2) is 59.5 Å². The van der Waals surface area contributed by atoms with Gasteiger partial charge in [0.15, 0.2) is 17.9 Å². The normalized spacial score (nSPS) is 19.4. The quantitative estimate of drug-likeness (QED) is 0.415. The fourth-order valence-electron chi connectivity index (χ4n) is 4.28. The van der Waals surface area contributed by atoms with Crippen molar-refractivity contribution in [3.8, 4) is 22.4 Å². The molecule has 0 bridgehead atoms. The molecule has 164 valence electrons. The highest BCUT2D eigenvalue weighted by Gasteiger charge is 2.44. The van der Waals surface area contributed by atoms with Crippen LogP contribution in [-0.4, -0.2) is 51.4 Å². The third-order valence-corrected chi connectivity index (χ3v) is 6.34. The summed E-state index contributed by atoms with van der Waals surface area (Å²) in [5, 5.41) is 0.710. The van der Waals surface area contributed by atoms with Crippen LogP contribution in [0.1, 0.15) is 0 Å². The summed E-state index contributed by atoms with van der Waals surface area (Å²) in [7, 11) is 0. The van der Waals surface area contributed by atoms with Gasteiger partial charge in [-0.3, -0.25) is 0 Å². The summed E-state index contributed by atoms with van der Waals surface area (Å²) >= 11 is 3.54. The molecule has 0 unspecified atom stereocenters. The number of hydrogen-bond donors (Lipinski definition) is 1. The second-order valence-electron chi connectivity index (χ2n) is 7.90. The number of carbonyl (C=O) groups is 1. The number of aromatic nitrogens is 4. The largest absolute Gasteiger partial charge is 0.509 e. The minimum absolute atomic E-state index is 0.251. The average Bonchev–Trinajstić information content (AvgIpc) is 3.36. The van der Waals surface area contributed by atoms with E-state index in [1.807, 2.05) is 47.4 Å². The molecule has 2 saturated heterocycles. The molecule has 3 aromatic heterocycles. The van der Waals surface area contributed by atoms with Crippen LogP contribution in [0.4, 0.5) is 16.4 Å². The zero-order valence-corrected chi connectivity index (χ0v) is 18.8. The van der Waals surface area contributed by atoms with Gasteiger partial charge < -0.3 is 20.1 Å². The van der Waals surface area contributed by atoms with Gasteiger partial charge in [0.1, 0.15) is 18.0 Å². The number of hydrogen-bond acceptors (Lipinski definition) is 9. The van der Waals surface area contributed by atoms with E-state index in [0.29, 0.717) is 29.9 Å². The molecule has 6 rings (SSSR count). The number of carbonyl (C=O) groups excluding carboxylic acids is 1. The summed E-state index contributed by atoms with van der Waals surface area (Å²) in [4.78, 5) is 31.2. The molecule has 2 N–H and O–H groups in total. The van der Waals surface area contributed by atoms with Crippen molar-refractivity contribution in [2.24, 2.45) is 0 Å². The number of anilines is 2. The molecule has 0 radical (unpaired) electrons. The first-order valence-electron chi connectivity index (χ1n) is 10.3. The van der Waals surface area contributed by atoms with Crippen LogP contribution in [0.25, 0.3) is 33.4 Å². The molecule has 2 fully saturated rings. The fourth-order valence-corrected chi connectivity index (χ4v) is 4.68. The Morgan fingerprint density at radius 2 is 1.82 bits per heavy atom. The summed E-state index contributed by atoms with van der Waals surface area (Å²) < 4.78 is 11.3. The minimum atomic E-state index is -0.596. The van der Waals surface area contributed by atoms with E-state index >= 15 is 0 Å². The Kier molecular flexibility index (Phi) is 4.61. The Balaban J connectivity index is 1.38. The van der Waals surface area contributed by atoms with E-state index in [2.05, 4.69) is 30.9 Å². The first-order chi connectivity index (χ1) is 16.0. The summed E-state index contributed by atoms with van der Waals surface area (Å²) in [5.41, 5.74) is 10.2. The second-order valence-corrected chi connectivity index (χ2v) is 8.81. The summed E-state index contributed by atoms with van der Waals surface area (Å²) in [5.74, 6) is 1.16. The maximum Gasteiger partial charge on any atom is 0.509 e. The maximum absolute atomic E-state index is 11.3. The molecule has 4 aromatic rings. The van der Waals surface area contributed by atoms with E-state index in [0.717, 1.165) is 32.7 Å². The maximum atomic E-state index is 11.3. The Bertz CT molecular complexity index is 1380.